The monoisotopic (exact) mass is 240 g/mol. The lowest BCUT2D eigenvalue weighted by molar-refractivity contribution is 0.737. The third-order valence-corrected chi connectivity index (χ3v) is 2.58. The van der Waals surface area contributed by atoms with E-state index in [-0.39, 0.29) is 0 Å². The number of benzene rings is 2. The average Bonchev–Trinajstić information content (AvgIpc) is 2.30. The van der Waals surface area contributed by atoms with Crippen molar-refractivity contribution in [1.29, 1.82) is 0 Å². The Morgan fingerprint density at radius 3 is 1.17 bits per heavy atom. The van der Waals surface area contributed by atoms with Gasteiger partial charge in [0, 0.05) is 0 Å². The SMILES string of the molecule is CC(C)C.Cc1ccccc1-c1ccccc1C. The minimum absolute atomic E-state index is 0.833. The Morgan fingerprint density at radius 1 is 0.611 bits per heavy atom. The lowest BCUT2D eigenvalue weighted by Gasteiger charge is -2.08. The van der Waals surface area contributed by atoms with Gasteiger partial charge in [-0.1, -0.05) is 69.3 Å². The van der Waals surface area contributed by atoms with E-state index in [0.29, 0.717) is 0 Å². The molecule has 0 heterocycles. The van der Waals surface area contributed by atoms with Gasteiger partial charge < -0.3 is 0 Å². The van der Waals surface area contributed by atoms with Gasteiger partial charge in [0.25, 0.3) is 0 Å². The molecular weight excluding hydrogens is 216 g/mol. The molecule has 2 rings (SSSR count). The Balaban J connectivity index is 0.000000357. The van der Waals surface area contributed by atoms with E-state index in [2.05, 4.69) is 83.1 Å². The average molecular weight is 240 g/mol. The number of aryl methyl sites for hydroxylation is 2. The first kappa shape index (κ1) is 14.5. The number of hydrogen-bond acceptors (Lipinski definition) is 0. The van der Waals surface area contributed by atoms with E-state index in [9.17, 15) is 0 Å². The van der Waals surface area contributed by atoms with Crippen molar-refractivity contribution < 1.29 is 0 Å². The number of hydrogen-bond donors (Lipinski definition) is 0. The largest absolute Gasteiger partial charge is 0.0630 e. The molecule has 0 aliphatic rings. The lowest BCUT2D eigenvalue weighted by atomic mass is 9.97. The molecule has 0 spiro atoms. The van der Waals surface area contributed by atoms with E-state index in [4.69, 9.17) is 0 Å². The highest BCUT2D eigenvalue weighted by atomic mass is 14.1. The van der Waals surface area contributed by atoms with E-state index in [1.807, 2.05) is 0 Å². The Bertz CT molecular complexity index is 435. The predicted molar refractivity (Wildman–Crippen MR) is 81.9 cm³/mol. The van der Waals surface area contributed by atoms with Crippen LogP contribution < -0.4 is 0 Å². The molecule has 18 heavy (non-hydrogen) atoms. The first-order valence-electron chi connectivity index (χ1n) is 6.64. The van der Waals surface area contributed by atoms with Crippen LogP contribution in [0.5, 0.6) is 0 Å². The lowest BCUT2D eigenvalue weighted by Crippen LogP contribution is -1.85. The standard InChI is InChI=1S/C14H14.C4H10/c1-11-7-3-5-9-13(11)14-10-6-4-8-12(14)2;1-4(2)3/h3-10H,1-2H3;4H,1-3H3. The molecule has 0 atom stereocenters. The summed E-state index contributed by atoms with van der Waals surface area (Å²) in [6.07, 6.45) is 0. The van der Waals surface area contributed by atoms with E-state index in [0.717, 1.165) is 5.92 Å². The fourth-order valence-electron chi connectivity index (χ4n) is 1.75. The van der Waals surface area contributed by atoms with Crippen molar-refractivity contribution in [3.8, 4) is 11.1 Å². The third-order valence-electron chi connectivity index (χ3n) is 2.58. The second-order valence-electron chi connectivity index (χ2n) is 5.36. The van der Waals surface area contributed by atoms with Crippen molar-refractivity contribution in [2.75, 3.05) is 0 Å². The molecule has 0 aromatic heterocycles. The van der Waals surface area contributed by atoms with Gasteiger partial charge in [0.15, 0.2) is 0 Å². The molecule has 2 aromatic carbocycles. The van der Waals surface area contributed by atoms with Crippen molar-refractivity contribution in [3.63, 3.8) is 0 Å². The summed E-state index contributed by atoms with van der Waals surface area (Å²) in [7, 11) is 0. The molecule has 0 bridgehead atoms. The zero-order chi connectivity index (χ0) is 13.5. The maximum Gasteiger partial charge on any atom is -0.0152 e. The smallest absolute Gasteiger partial charge is 0.0152 e. The molecule has 0 unspecified atom stereocenters. The molecule has 0 nitrogen and oxygen atoms in total. The molecule has 0 amide bonds. The van der Waals surface area contributed by atoms with Crippen molar-refractivity contribution in [1.82, 2.24) is 0 Å². The summed E-state index contributed by atoms with van der Waals surface area (Å²) in [5, 5.41) is 0. The second-order valence-corrected chi connectivity index (χ2v) is 5.36. The summed E-state index contributed by atoms with van der Waals surface area (Å²) in [4.78, 5) is 0. The zero-order valence-electron chi connectivity index (χ0n) is 12.2. The minimum atomic E-state index is 0.833. The zero-order valence-corrected chi connectivity index (χ0v) is 12.2. The molecule has 0 fully saturated rings. The first-order valence-corrected chi connectivity index (χ1v) is 6.64. The van der Waals surface area contributed by atoms with Crippen LogP contribution in [0, 0.1) is 19.8 Å². The predicted octanol–water partition coefficient (Wildman–Crippen LogP) is 5.63. The molecule has 2 aromatic rings. The molecule has 0 radical (unpaired) electrons. The van der Waals surface area contributed by atoms with Gasteiger partial charge in [-0.15, -0.1) is 0 Å². The highest BCUT2D eigenvalue weighted by Gasteiger charge is 2.02. The van der Waals surface area contributed by atoms with Crippen LogP contribution in [0.1, 0.15) is 31.9 Å². The Labute approximate surface area is 112 Å². The van der Waals surface area contributed by atoms with Gasteiger partial charge in [0.1, 0.15) is 0 Å². The van der Waals surface area contributed by atoms with Gasteiger partial charge >= 0.3 is 0 Å². The molecule has 0 saturated heterocycles. The van der Waals surface area contributed by atoms with Crippen LogP contribution in [-0.2, 0) is 0 Å². The van der Waals surface area contributed by atoms with Crippen LogP contribution in [0.15, 0.2) is 48.5 Å². The van der Waals surface area contributed by atoms with Gasteiger partial charge in [-0.2, -0.15) is 0 Å². The Kier molecular flexibility index (Phi) is 5.64. The van der Waals surface area contributed by atoms with Gasteiger partial charge in [0.2, 0.25) is 0 Å². The van der Waals surface area contributed by atoms with Crippen molar-refractivity contribution >= 4 is 0 Å². The topological polar surface area (TPSA) is 0 Å². The molecule has 0 aliphatic carbocycles. The van der Waals surface area contributed by atoms with Gasteiger partial charge in [-0.3, -0.25) is 0 Å². The normalized spacial score (nSPS) is 9.89. The molecule has 96 valence electrons. The maximum atomic E-state index is 2.18. The van der Waals surface area contributed by atoms with Crippen molar-refractivity contribution in [2.24, 2.45) is 5.92 Å². The van der Waals surface area contributed by atoms with Gasteiger partial charge in [-0.05, 0) is 42.0 Å². The highest BCUT2D eigenvalue weighted by Crippen LogP contribution is 2.25. The molecule has 0 aliphatic heterocycles. The summed E-state index contributed by atoms with van der Waals surface area (Å²) in [5.41, 5.74) is 5.35. The Morgan fingerprint density at radius 2 is 0.889 bits per heavy atom. The van der Waals surface area contributed by atoms with Gasteiger partial charge in [0.05, 0.1) is 0 Å². The Hall–Kier alpha value is -1.56. The van der Waals surface area contributed by atoms with Crippen molar-refractivity contribution in [2.45, 2.75) is 34.6 Å². The van der Waals surface area contributed by atoms with E-state index in [1.54, 1.807) is 0 Å². The maximum absolute atomic E-state index is 2.18. The quantitative estimate of drug-likeness (QED) is 0.605. The summed E-state index contributed by atoms with van der Waals surface area (Å²) in [5.74, 6) is 0.833. The van der Waals surface area contributed by atoms with Crippen LogP contribution in [-0.4, -0.2) is 0 Å². The fraction of sp³-hybridized carbons (Fsp3) is 0.333. The van der Waals surface area contributed by atoms with E-state index in [1.165, 1.54) is 22.3 Å². The van der Waals surface area contributed by atoms with Crippen LogP contribution in [0.25, 0.3) is 11.1 Å². The van der Waals surface area contributed by atoms with Crippen LogP contribution in [0.4, 0.5) is 0 Å². The highest BCUT2D eigenvalue weighted by molar-refractivity contribution is 5.70. The van der Waals surface area contributed by atoms with E-state index >= 15 is 0 Å². The fourth-order valence-corrected chi connectivity index (χ4v) is 1.75. The summed E-state index contributed by atoms with van der Waals surface area (Å²) in [6, 6.07) is 17.0. The molecule has 0 saturated carbocycles. The van der Waals surface area contributed by atoms with Crippen LogP contribution in [0.3, 0.4) is 0 Å². The molecule has 0 N–H and O–H groups in total. The summed E-state index contributed by atoms with van der Waals surface area (Å²) in [6.45, 7) is 10.8. The van der Waals surface area contributed by atoms with Crippen molar-refractivity contribution in [3.05, 3.63) is 59.7 Å². The summed E-state index contributed by atoms with van der Waals surface area (Å²) >= 11 is 0. The van der Waals surface area contributed by atoms with Crippen LogP contribution >= 0.6 is 0 Å². The third kappa shape index (κ3) is 4.37. The first-order chi connectivity index (χ1) is 8.52. The number of rotatable bonds is 1. The van der Waals surface area contributed by atoms with Crippen LogP contribution in [0.2, 0.25) is 0 Å². The molecule has 0 heteroatoms. The van der Waals surface area contributed by atoms with Gasteiger partial charge in [-0.25, -0.2) is 0 Å². The second kappa shape index (κ2) is 7.00. The minimum Gasteiger partial charge on any atom is -0.0630 e. The molecular formula is C18H24. The van der Waals surface area contributed by atoms with E-state index < -0.39 is 0 Å². The summed E-state index contributed by atoms with van der Waals surface area (Å²) < 4.78 is 0.